The van der Waals surface area contributed by atoms with Gasteiger partial charge in [0.25, 0.3) is 0 Å². The molecule has 1 unspecified atom stereocenters. The van der Waals surface area contributed by atoms with Crippen molar-refractivity contribution in [2.75, 3.05) is 26.2 Å². The second-order valence-electron chi connectivity index (χ2n) is 6.64. The van der Waals surface area contributed by atoms with E-state index in [1.807, 2.05) is 0 Å². The molecule has 4 nitrogen and oxygen atoms in total. The largest absolute Gasteiger partial charge is 0.366 e. The number of nitrogens with one attached hydrogen (secondary N) is 2. The van der Waals surface area contributed by atoms with E-state index in [0.717, 1.165) is 25.9 Å². The summed E-state index contributed by atoms with van der Waals surface area (Å²) in [5, 5.41) is 6.36. The highest BCUT2D eigenvalue weighted by Gasteiger charge is 2.36. The lowest BCUT2D eigenvalue weighted by Gasteiger charge is -2.31. The van der Waals surface area contributed by atoms with E-state index in [-0.39, 0.29) is 29.8 Å². The first-order valence-electron chi connectivity index (χ1n) is 8.37. The minimum absolute atomic E-state index is 0. The highest BCUT2D eigenvalue weighted by atomic mass is 35.5. The van der Waals surface area contributed by atoms with Crippen LogP contribution in [-0.4, -0.2) is 38.3 Å². The zero-order valence-electron chi connectivity index (χ0n) is 13.8. The SMILES string of the molecule is Cc1cccc(C2(CNC(=O)C3CNCCO3)CCCC2)c1.Cl. The molecule has 0 aromatic heterocycles. The van der Waals surface area contributed by atoms with Gasteiger partial charge < -0.3 is 15.4 Å². The van der Waals surface area contributed by atoms with Gasteiger partial charge in [-0.25, -0.2) is 0 Å². The number of morpholine rings is 1. The van der Waals surface area contributed by atoms with E-state index in [1.54, 1.807) is 0 Å². The summed E-state index contributed by atoms with van der Waals surface area (Å²) in [6, 6.07) is 8.74. The van der Waals surface area contributed by atoms with E-state index in [1.165, 1.54) is 24.0 Å². The van der Waals surface area contributed by atoms with Gasteiger partial charge in [-0.1, -0.05) is 42.7 Å². The molecule has 1 amide bonds. The summed E-state index contributed by atoms with van der Waals surface area (Å²) in [6.07, 6.45) is 4.45. The van der Waals surface area contributed by atoms with Crippen molar-refractivity contribution in [1.29, 1.82) is 0 Å². The molecule has 0 spiro atoms. The van der Waals surface area contributed by atoms with Crippen molar-refractivity contribution in [1.82, 2.24) is 10.6 Å². The molecule has 128 valence electrons. The van der Waals surface area contributed by atoms with Crippen LogP contribution in [0.25, 0.3) is 0 Å². The lowest BCUT2D eigenvalue weighted by molar-refractivity contribution is -0.134. The van der Waals surface area contributed by atoms with Crippen molar-refractivity contribution in [3.05, 3.63) is 35.4 Å². The van der Waals surface area contributed by atoms with Crippen LogP contribution in [0.1, 0.15) is 36.8 Å². The molecule has 1 aromatic rings. The Bertz CT molecular complexity index is 524. The molecule has 1 heterocycles. The third-order valence-corrected chi connectivity index (χ3v) is 5.01. The molecule has 1 saturated carbocycles. The molecule has 1 aliphatic heterocycles. The molecule has 1 saturated heterocycles. The van der Waals surface area contributed by atoms with Gasteiger partial charge in [0.15, 0.2) is 0 Å². The molecule has 2 N–H and O–H groups in total. The molecule has 2 aliphatic rings. The Balaban J connectivity index is 0.00000192. The number of halogens is 1. The van der Waals surface area contributed by atoms with Gasteiger partial charge in [0.2, 0.25) is 5.91 Å². The van der Waals surface area contributed by atoms with Gasteiger partial charge in [-0.2, -0.15) is 0 Å². The third kappa shape index (κ3) is 4.25. The Hall–Kier alpha value is -1.10. The predicted octanol–water partition coefficient (Wildman–Crippen LogP) is 2.33. The normalized spacial score (nSPS) is 23.1. The first kappa shape index (κ1) is 18.2. The summed E-state index contributed by atoms with van der Waals surface area (Å²) in [6.45, 7) is 4.91. The molecular formula is C18H27ClN2O2. The van der Waals surface area contributed by atoms with Crippen LogP contribution < -0.4 is 10.6 Å². The second-order valence-corrected chi connectivity index (χ2v) is 6.64. The molecule has 23 heavy (non-hydrogen) atoms. The van der Waals surface area contributed by atoms with Crippen molar-refractivity contribution in [3.63, 3.8) is 0 Å². The van der Waals surface area contributed by atoms with Crippen LogP contribution >= 0.6 is 12.4 Å². The van der Waals surface area contributed by atoms with E-state index in [0.29, 0.717) is 13.2 Å². The summed E-state index contributed by atoms with van der Waals surface area (Å²) in [7, 11) is 0. The van der Waals surface area contributed by atoms with Gasteiger partial charge in [-0.3, -0.25) is 4.79 Å². The molecule has 1 aliphatic carbocycles. The van der Waals surface area contributed by atoms with Crippen LogP contribution in [0, 0.1) is 6.92 Å². The van der Waals surface area contributed by atoms with E-state index < -0.39 is 0 Å². The quantitative estimate of drug-likeness (QED) is 0.886. The van der Waals surface area contributed by atoms with Crippen molar-refractivity contribution >= 4 is 18.3 Å². The minimum Gasteiger partial charge on any atom is -0.366 e. The summed E-state index contributed by atoms with van der Waals surface area (Å²) in [4.78, 5) is 12.3. The van der Waals surface area contributed by atoms with Gasteiger partial charge >= 0.3 is 0 Å². The number of benzene rings is 1. The molecule has 5 heteroatoms. The summed E-state index contributed by atoms with van der Waals surface area (Å²) >= 11 is 0. The fraction of sp³-hybridized carbons (Fsp3) is 0.611. The third-order valence-electron chi connectivity index (χ3n) is 5.01. The molecule has 3 rings (SSSR count). The smallest absolute Gasteiger partial charge is 0.250 e. The zero-order chi connectivity index (χ0) is 15.4. The Morgan fingerprint density at radius 2 is 2.17 bits per heavy atom. The van der Waals surface area contributed by atoms with Gasteiger partial charge in [-0.15, -0.1) is 12.4 Å². The molecular weight excluding hydrogens is 312 g/mol. The number of ether oxygens (including phenoxy) is 1. The van der Waals surface area contributed by atoms with Crippen molar-refractivity contribution in [2.45, 2.75) is 44.1 Å². The lowest BCUT2D eigenvalue weighted by Crippen LogP contribution is -2.50. The van der Waals surface area contributed by atoms with E-state index in [4.69, 9.17) is 4.74 Å². The Morgan fingerprint density at radius 1 is 1.39 bits per heavy atom. The zero-order valence-corrected chi connectivity index (χ0v) is 14.6. The van der Waals surface area contributed by atoms with E-state index >= 15 is 0 Å². The van der Waals surface area contributed by atoms with E-state index in [2.05, 4.69) is 41.8 Å². The number of aryl methyl sites for hydroxylation is 1. The van der Waals surface area contributed by atoms with Gasteiger partial charge in [0.1, 0.15) is 6.10 Å². The summed E-state index contributed by atoms with van der Waals surface area (Å²) in [5.74, 6) is 0.0196. The number of hydrogen-bond acceptors (Lipinski definition) is 3. The number of carbonyl (C=O) groups is 1. The highest BCUT2D eigenvalue weighted by Crippen LogP contribution is 2.40. The monoisotopic (exact) mass is 338 g/mol. The summed E-state index contributed by atoms with van der Waals surface area (Å²) in [5.41, 5.74) is 2.76. The Labute approximate surface area is 144 Å². The number of carbonyl (C=O) groups excluding carboxylic acids is 1. The van der Waals surface area contributed by atoms with Gasteiger partial charge in [0.05, 0.1) is 6.61 Å². The molecule has 1 atom stereocenters. The maximum absolute atomic E-state index is 12.3. The fourth-order valence-electron chi connectivity index (χ4n) is 3.70. The van der Waals surface area contributed by atoms with Crippen LogP contribution in [0.4, 0.5) is 0 Å². The number of amides is 1. The maximum atomic E-state index is 12.3. The van der Waals surface area contributed by atoms with Crippen molar-refractivity contribution < 1.29 is 9.53 Å². The first-order chi connectivity index (χ1) is 10.7. The number of hydrogen-bond donors (Lipinski definition) is 2. The second kappa shape index (κ2) is 8.13. The standard InChI is InChI=1S/C18H26N2O2.ClH/c1-14-5-4-6-15(11-14)18(7-2-3-8-18)13-20-17(21)16-12-19-9-10-22-16;/h4-6,11,16,19H,2-3,7-10,12-13H2,1H3,(H,20,21);1H. The number of rotatable bonds is 4. The maximum Gasteiger partial charge on any atom is 0.250 e. The van der Waals surface area contributed by atoms with E-state index in [9.17, 15) is 4.79 Å². The first-order valence-corrected chi connectivity index (χ1v) is 8.37. The molecule has 2 fully saturated rings. The average molecular weight is 339 g/mol. The van der Waals surface area contributed by atoms with Crippen LogP contribution in [0.5, 0.6) is 0 Å². The average Bonchev–Trinajstić information content (AvgIpc) is 3.04. The fourth-order valence-corrected chi connectivity index (χ4v) is 3.70. The van der Waals surface area contributed by atoms with Gasteiger partial charge in [0, 0.05) is 25.0 Å². The van der Waals surface area contributed by atoms with Crippen molar-refractivity contribution in [3.8, 4) is 0 Å². The lowest BCUT2D eigenvalue weighted by atomic mass is 9.78. The van der Waals surface area contributed by atoms with Crippen LogP contribution in [0.3, 0.4) is 0 Å². The van der Waals surface area contributed by atoms with Crippen LogP contribution in [0.15, 0.2) is 24.3 Å². The summed E-state index contributed by atoms with van der Waals surface area (Å²) < 4.78 is 5.54. The van der Waals surface area contributed by atoms with Crippen molar-refractivity contribution in [2.24, 2.45) is 0 Å². The molecule has 0 bridgehead atoms. The van der Waals surface area contributed by atoms with Crippen LogP contribution in [0.2, 0.25) is 0 Å². The van der Waals surface area contributed by atoms with Crippen LogP contribution in [-0.2, 0) is 14.9 Å². The molecule has 0 radical (unpaired) electrons. The minimum atomic E-state index is -0.343. The topological polar surface area (TPSA) is 50.4 Å². The molecule has 1 aromatic carbocycles. The van der Waals surface area contributed by atoms with Gasteiger partial charge in [-0.05, 0) is 25.3 Å². The predicted molar refractivity (Wildman–Crippen MR) is 94.2 cm³/mol. The highest BCUT2D eigenvalue weighted by molar-refractivity contribution is 5.85. The Morgan fingerprint density at radius 3 is 2.83 bits per heavy atom. The Kier molecular flexibility index (Phi) is 6.45.